The van der Waals surface area contributed by atoms with E-state index in [0.29, 0.717) is 18.8 Å². The van der Waals surface area contributed by atoms with Crippen molar-refractivity contribution in [2.24, 2.45) is 0 Å². The summed E-state index contributed by atoms with van der Waals surface area (Å²) in [6.07, 6.45) is 1.83. The van der Waals surface area contributed by atoms with Crippen LogP contribution >= 0.6 is 0 Å². The molecule has 0 spiro atoms. The number of nitrogens with one attached hydrogen (secondary N) is 1. The molecule has 1 heterocycles. The summed E-state index contributed by atoms with van der Waals surface area (Å²) in [6, 6.07) is 15.2. The van der Waals surface area contributed by atoms with Crippen molar-refractivity contribution < 1.29 is 9.53 Å². The number of anilines is 1. The van der Waals surface area contributed by atoms with E-state index < -0.39 is 6.09 Å². The highest BCUT2D eigenvalue weighted by molar-refractivity contribution is 5.83. The summed E-state index contributed by atoms with van der Waals surface area (Å²) >= 11 is 0. The van der Waals surface area contributed by atoms with E-state index in [-0.39, 0.29) is 0 Å². The van der Waals surface area contributed by atoms with Gasteiger partial charge in [0.2, 0.25) is 0 Å². The number of carbonyl (C=O) groups is 1. The van der Waals surface area contributed by atoms with Crippen LogP contribution in [0.5, 0.6) is 0 Å². The molecule has 0 atom stereocenters. The Morgan fingerprint density at radius 2 is 1.89 bits per heavy atom. The van der Waals surface area contributed by atoms with E-state index in [4.69, 9.17) is 4.74 Å². The number of hydrogen-bond donors (Lipinski definition) is 1. The normalized spacial score (nSPS) is 9.78. The molecule has 0 saturated heterocycles. The predicted molar refractivity (Wildman–Crippen MR) is 69.4 cm³/mol. The van der Waals surface area contributed by atoms with Crippen LogP contribution in [0, 0.1) is 0 Å². The quantitative estimate of drug-likeness (QED) is 0.896. The second-order valence-electron chi connectivity index (χ2n) is 3.71. The van der Waals surface area contributed by atoms with E-state index >= 15 is 0 Å². The lowest BCUT2D eigenvalue weighted by atomic mass is 10.2. The van der Waals surface area contributed by atoms with E-state index in [1.54, 1.807) is 24.4 Å². The van der Waals surface area contributed by atoms with Gasteiger partial charge in [-0.2, -0.15) is 0 Å². The molecule has 1 aromatic carbocycles. The molecule has 2 aromatic rings. The lowest BCUT2D eigenvalue weighted by Crippen LogP contribution is -2.15. The molecule has 2 rings (SSSR count). The number of aromatic nitrogens is 1. The molecule has 0 unspecified atom stereocenters. The third kappa shape index (κ3) is 3.90. The molecule has 1 aromatic heterocycles. The molecule has 4 heteroatoms. The van der Waals surface area contributed by atoms with Gasteiger partial charge in [0, 0.05) is 12.6 Å². The fourth-order valence-corrected chi connectivity index (χ4v) is 1.48. The molecule has 4 nitrogen and oxygen atoms in total. The molecule has 0 aliphatic carbocycles. The molecule has 0 bridgehead atoms. The maximum absolute atomic E-state index is 11.4. The molecule has 0 fully saturated rings. The number of ether oxygens (including phenoxy) is 1. The molecule has 1 amide bonds. The first-order chi connectivity index (χ1) is 8.84. The van der Waals surface area contributed by atoms with Gasteiger partial charge in [-0.3, -0.25) is 5.32 Å². The van der Waals surface area contributed by atoms with Crippen LogP contribution in [-0.2, 0) is 11.2 Å². The zero-order valence-electron chi connectivity index (χ0n) is 9.87. The number of nitrogens with zero attached hydrogens (tertiary/aromatic N) is 1. The maximum Gasteiger partial charge on any atom is 0.412 e. The summed E-state index contributed by atoms with van der Waals surface area (Å²) < 4.78 is 5.06. The highest BCUT2D eigenvalue weighted by Crippen LogP contribution is 2.02. The summed E-state index contributed by atoms with van der Waals surface area (Å²) in [5, 5.41) is 2.56. The number of pyridine rings is 1. The van der Waals surface area contributed by atoms with Crippen LogP contribution in [0.1, 0.15) is 5.56 Å². The smallest absolute Gasteiger partial charge is 0.412 e. The van der Waals surface area contributed by atoms with E-state index in [2.05, 4.69) is 10.3 Å². The summed E-state index contributed by atoms with van der Waals surface area (Å²) in [4.78, 5) is 15.4. The average Bonchev–Trinajstić information content (AvgIpc) is 2.41. The monoisotopic (exact) mass is 242 g/mol. The van der Waals surface area contributed by atoms with Crippen LogP contribution in [0.15, 0.2) is 54.7 Å². The van der Waals surface area contributed by atoms with Crippen LogP contribution in [0.2, 0.25) is 0 Å². The van der Waals surface area contributed by atoms with Crippen molar-refractivity contribution in [3.63, 3.8) is 0 Å². The topological polar surface area (TPSA) is 51.2 Å². The van der Waals surface area contributed by atoms with Gasteiger partial charge in [0.1, 0.15) is 5.82 Å². The number of hydrogen-bond acceptors (Lipinski definition) is 3. The highest BCUT2D eigenvalue weighted by Gasteiger charge is 2.03. The number of amides is 1. The Morgan fingerprint density at radius 3 is 2.61 bits per heavy atom. The minimum atomic E-state index is -0.482. The first-order valence-corrected chi connectivity index (χ1v) is 5.73. The Labute approximate surface area is 106 Å². The van der Waals surface area contributed by atoms with Gasteiger partial charge in [-0.25, -0.2) is 9.78 Å². The van der Waals surface area contributed by atoms with Gasteiger partial charge in [-0.15, -0.1) is 0 Å². The molecule has 1 N–H and O–H groups in total. The fourth-order valence-electron chi connectivity index (χ4n) is 1.48. The van der Waals surface area contributed by atoms with Crippen molar-refractivity contribution in [1.29, 1.82) is 0 Å². The lowest BCUT2D eigenvalue weighted by molar-refractivity contribution is 0.163. The van der Waals surface area contributed by atoms with Gasteiger partial charge in [0.05, 0.1) is 6.61 Å². The van der Waals surface area contributed by atoms with Crippen LogP contribution in [-0.4, -0.2) is 17.7 Å². The van der Waals surface area contributed by atoms with Crippen LogP contribution in [0.3, 0.4) is 0 Å². The van der Waals surface area contributed by atoms with Crippen molar-refractivity contribution in [1.82, 2.24) is 4.98 Å². The summed E-state index contributed by atoms with van der Waals surface area (Å²) in [6.45, 7) is 0.350. The van der Waals surface area contributed by atoms with Crippen molar-refractivity contribution in [2.75, 3.05) is 11.9 Å². The van der Waals surface area contributed by atoms with Gasteiger partial charge >= 0.3 is 6.09 Å². The number of carbonyl (C=O) groups excluding carboxylic acids is 1. The molecule has 0 radical (unpaired) electrons. The zero-order valence-corrected chi connectivity index (χ0v) is 9.87. The van der Waals surface area contributed by atoms with Crippen LogP contribution < -0.4 is 5.32 Å². The first kappa shape index (κ1) is 12.1. The van der Waals surface area contributed by atoms with Crippen molar-refractivity contribution >= 4 is 11.9 Å². The predicted octanol–water partition coefficient (Wildman–Crippen LogP) is 2.87. The van der Waals surface area contributed by atoms with E-state index in [1.165, 1.54) is 0 Å². The second kappa shape index (κ2) is 6.39. The van der Waals surface area contributed by atoms with Gasteiger partial charge in [0.25, 0.3) is 0 Å². The van der Waals surface area contributed by atoms with E-state index in [9.17, 15) is 4.79 Å². The molecule has 0 aliphatic rings. The van der Waals surface area contributed by atoms with Crippen LogP contribution in [0.25, 0.3) is 0 Å². The Bertz CT molecular complexity index is 486. The SMILES string of the molecule is O=C(Nc1ccccn1)OCCc1ccccc1. The third-order valence-electron chi connectivity index (χ3n) is 2.36. The zero-order chi connectivity index (χ0) is 12.6. The van der Waals surface area contributed by atoms with Gasteiger partial charge in [-0.05, 0) is 17.7 Å². The number of rotatable bonds is 4. The Morgan fingerprint density at radius 1 is 1.11 bits per heavy atom. The summed E-state index contributed by atoms with van der Waals surface area (Å²) in [5.74, 6) is 0.488. The molecular formula is C14H14N2O2. The fraction of sp³-hybridized carbons (Fsp3) is 0.143. The lowest BCUT2D eigenvalue weighted by Gasteiger charge is -2.06. The van der Waals surface area contributed by atoms with Crippen molar-refractivity contribution in [3.05, 3.63) is 60.3 Å². The summed E-state index contributed by atoms with van der Waals surface area (Å²) in [7, 11) is 0. The average molecular weight is 242 g/mol. The Balaban J connectivity index is 1.73. The largest absolute Gasteiger partial charge is 0.449 e. The molecule has 0 saturated carbocycles. The van der Waals surface area contributed by atoms with Crippen LogP contribution in [0.4, 0.5) is 10.6 Å². The van der Waals surface area contributed by atoms with Crippen molar-refractivity contribution in [3.8, 4) is 0 Å². The molecule has 18 heavy (non-hydrogen) atoms. The van der Waals surface area contributed by atoms with Gasteiger partial charge in [0.15, 0.2) is 0 Å². The first-order valence-electron chi connectivity index (χ1n) is 5.73. The molecular weight excluding hydrogens is 228 g/mol. The van der Waals surface area contributed by atoms with E-state index in [0.717, 1.165) is 5.56 Å². The standard InChI is InChI=1S/C14H14N2O2/c17-14(16-13-8-4-5-10-15-13)18-11-9-12-6-2-1-3-7-12/h1-8,10H,9,11H2,(H,15,16,17). The van der Waals surface area contributed by atoms with Gasteiger partial charge in [-0.1, -0.05) is 36.4 Å². The second-order valence-corrected chi connectivity index (χ2v) is 3.71. The minimum absolute atomic E-state index is 0.350. The molecule has 0 aliphatic heterocycles. The maximum atomic E-state index is 11.4. The third-order valence-corrected chi connectivity index (χ3v) is 2.36. The highest BCUT2D eigenvalue weighted by atomic mass is 16.5. The van der Waals surface area contributed by atoms with Crippen molar-refractivity contribution in [2.45, 2.75) is 6.42 Å². The summed E-state index contributed by atoms with van der Waals surface area (Å²) in [5.41, 5.74) is 1.14. The number of benzene rings is 1. The minimum Gasteiger partial charge on any atom is -0.449 e. The van der Waals surface area contributed by atoms with Gasteiger partial charge < -0.3 is 4.74 Å². The molecule has 92 valence electrons. The Hall–Kier alpha value is -2.36. The Kier molecular flexibility index (Phi) is 4.30. The van der Waals surface area contributed by atoms with E-state index in [1.807, 2.05) is 30.3 Å².